The quantitative estimate of drug-likeness (QED) is 0.372. The highest BCUT2D eigenvalue weighted by Crippen LogP contribution is 2.35. The zero-order valence-corrected chi connectivity index (χ0v) is 18.6. The van der Waals surface area contributed by atoms with Crippen molar-refractivity contribution in [2.75, 3.05) is 6.61 Å². The van der Waals surface area contributed by atoms with Crippen LogP contribution in [0.1, 0.15) is 25.3 Å². The van der Waals surface area contributed by atoms with Gasteiger partial charge in [-0.05, 0) is 44.0 Å². The molecule has 36 heavy (non-hydrogen) atoms. The average molecular weight is 492 g/mol. The molecule has 0 bridgehead atoms. The molecule has 0 aliphatic carbocycles. The van der Waals surface area contributed by atoms with Crippen LogP contribution in [0.15, 0.2) is 46.0 Å². The summed E-state index contributed by atoms with van der Waals surface area (Å²) in [5, 5.41) is 13.6. The van der Waals surface area contributed by atoms with E-state index in [2.05, 4.69) is 15.1 Å². The molecule has 0 saturated carbocycles. The monoisotopic (exact) mass is 492 g/mol. The Hall–Kier alpha value is -4.50. The molecular formula is C24H15F3N6O3. The van der Waals surface area contributed by atoms with Gasteiger partial charge in [0.15, 0.2) is 0 Å². The third-order valence-electron chi connectivity index (χ3n) is 6.34. The Morgan fingerprint density at radius 1 is 1.14 bits per heavy atom. The van der Waals surface area contributed by atoms with Gasteiger partial charge in [-0.25, -0.2) is 18.2 Å². The van der Waals surface area contributed by atoms with Gasteiger partial charge in [-0.1, -0.05) is 5.16 Å². The predicted octanol–water partition coefficient (Wildman–Crippen LogP) is 4.14. The van der Waals surface area contributed by atoms with Gasteiger partial charge < -0.3 is 9.26 Å². The number of hydrogen-bond acceptors (Lipinski definition) is 7. The Morgan fingerprint density at radius 2 is 1.97 bits per heavy atom. The summed E-state index contributed by atoms with van der Waals surface area (Å²) >= 11 is 0. The maximum atomic E-state index is 14.6. The van der Waals surface area contributed by atoms with Crippen molar-refractivity contribution in [1.29, 1.82) is 5.26 Å². The number of aromatic nitrogens is 5. The number of rotatable bonds is 3. The summed E-state index contributed by atoms with van der Waals surface area (Å²) in [7, 11) is 0. The molecule has 1 aliphatic heterocycles. The first-order valence-electron chi connectivity index (χ1n) is 10.9. The highest BCUT2D eigenvalue weighted by atomic mass is 19.1. The number of nitrogens with zero attached hydrogens (tertiary/aromatic N) is 6. The Balaban J connectivity index is 1.65. The van der Waals surface area contributed by atoms with Gasteiger partial charge in [-0.3, -0.25) is 13.8 Å². The first-order valence-corrected chi connectivity index (χ1v) is 10.9. The van der Waals surface area contributed by atoms with Crippen molar-refractivity contribution in [3.05, 3.63) is 70.0 Å². The van der Waals surface area contributed by atoms with E-state index in [9.17, 15) is 23.2 Å². The van der Waals surface area contributed by atoms with Crippen molar-refractivity contribution in [3.63, 3.8) is 0 Å². The molecule has 2 aromatic carbocycles. The van der Waals surface area contributed by atoms with Crippen LogP contribution in [0.3, 0.4) is 0 Å². The summed E-state index contributed by atoms with van der Waals surface area (Å²) < 4.78 is 55.9. The molecule has 9 nitrogen and oxygen atoms in total. The third-order valence-corrected chi connectivity index (χ3v) is 6.34. The lowest BCUT2D eigenvalue weighted by molar-refractivity contribution is -0.0448. The molecule has 1 aliphatic rings. The van der Waals surface area contributed by atoms with Crippen LogP contribution in [-0.4, -0.2) is 30.7 Å². The fraction of sp³-hybridized carbons (Fsp3) is 0.208. The molecule has 6 rings (SSSR count). The van der Waals surface area contributed by atoms with Gasteiger partial charge in [0.1, 0.15) is 52.3 Å². The molecule has 1 unspecified atom stereocenters. The predicted molar refractivity (Wildman–Crippen MR) is 119 cm³/mol. The van der Waals surface area contributed by atoms with E-state index in [0.29, 0.717) is 31.0 Å². The molecule has 1 saturated heterocycles. The standard InChI is InChI=1S/C24H15F3N6O3/c1-24(7-2-8-35-24)33-19-14(10-28)15(26)5-6-17(19)32-11-29-18(20(32)23(33)34)21-30-22(36-31-21)13-4-3-12(25)9-16(13)27/h3-6,9,11H,2,7-8H2,1H3. The molecule has 4 heterocycles. The lowest BCUT2D eigenvalue weighted by Gasteiger charge is -2.28. The third kappa shape index (κ3) is 3.06. The van der Waals surface area contributed by atoms with E-state index in [4.69, 9.17) is 9.26 Å². The second-order valence-corrected chi connectivity index (χ2v) is 8.53. The number of halogens is 3. The van der Waals surface area contributed by atoms with Crippen LogP contribution >= 0.6 is 0 Å². The van der Waals surface area contributed by atoms with Gasteiger partial charge in [0.25, 0.3) is 11.4 Å². The second-order valence-electron chi connectivity index (χ2n) is 8.53. The maximum Gasteiger partial charge on any atom is 0.280 e. The molecule has 1 fully saturated rings. The largest absolute Gasteiger partial charge is 0.355 e. The van der Waals surface area contributed by atoms with Gasteiger partial charge in [-0.15, -0.1) is 0 Å². The molecule has 0 radical (unpaired) electrons. The van der Waals surface area contributed by atoms with E-state index in [-0.39, 0.29) is 39.6 Å². The summed E-state index contributed by atoms with van der Waals surface area (Å²) in [6.07, 6.45) is 2.44. The molecule has 0 N–H and O–H groups in total. The van der Waals surface area contributed by atoms with E-state index in [1.165, 1.54) is 21.4 Å². The van der Waals surface area contributed by atoms with Crippen LogP contribution in [0.25, 0.3) is 39.5 Å². The molecule has 0 amide bonds. The van der Waals surface area contributed by atoms with Crippen molar-refractivity contribution in [3.8, 4) is 29.0 Å². The molecule has 12 heteroatoms. The Labute approximate surface area is 200 Å². The molecule has 180 valence electrons. The normalized spacial score (nSPS) is 17.8. The van der Waals surface area contributed by atoms with E-state index in [1.54, 1.807) is 6.92 Å². The van der Waals surface area contributed by atoms with Gasteiger partial charge in [0, 0.05) is 12.7 Å². The minimum atomic E-state index is -1.14. The molecular weight excluding hydrogens is 477 g/mol. The van der Waals surface area contributed by atoms with Crippen LogP contribution < -0.4 is 5.56 Å². The fourth-order valence-electron chi connectivity index (χ4n) is 4.67. The number of nitriles is 1. The maximum absolute atomic E-state index is 14.6. The molecule has 5 aromatic rings. The highest BCUT2D eigenvalue weighted by molar-refractivity contribution is 5.87. The zero-order chi connectivity index (χ0) is 25.2. The Bertz CT molecular complexity index is 1790. The number of imidazole rings is 1. The number of hydrogen-bond donors (Lipinski definition) is 0. The van der Waals surface area contributed by atoms with Gasteiger partial charge in [-0.2, -0.15) is 10.2 Å². The van der Waals surface area contributed by atoms with Crippen molar-refractivity contribution < 1.29 is 22.4 Å². The minimum absolute atomic E-state index is 0.0256. The highest BCUT2D eigenvalue weighted by Gasteiger charge is 2.37. The summed E-state index contributed by atoms with van der Waals surface area (Å²) in [5.74, 6) is -2.78. The summed E-state index contributed by atoms with van der Waals surface area (Å²) in [6, 6.07) is 7.32. The topological polar surface area (TPSA) is 111 Å². The number of fused-ring (bicyclic) bond motifs is 3. The lowest BCUT2D eigenvalue weighted by Crippen LogP contribution is -2.39. The number of ether oxygens (including phenoxy) is 1. The molecule has 0 spiro atoms. The van der Waals surface area contributed by atoms with Crippen molar-refractivity contribution in [1.82, 2.24) is 24.1 Å². The SMILES string of the molecule is CC1(n2c(=O)c3c(-c4noc(-c5ccc(F)cc5F)n4)ncn3c3ccc(F)c(C#N)c32)CCCO1. The van der Waals surface area contributed by atoms with E-state index >= 15 is 0 Å². The zero-order valence-electron chi connectivity index (χ0n) is 18.6. The second kappa shape index (κ2) is 7.76. The van der Waals surface area contributed by atoms with Crippen LogP contribution in [0, 0.1) is 28.8 Å². The van der Waals surface area contributed by atoms with Gasteiger partial charge in [0.05, 0.1) is 16.6 Å². The average Bonchev–Trinajstić information content (AvgIpc) is 3.59. The smallest absolute Gasteiger partial charge is 0.280 e. The molecule has 1 atom stereocenters. The van der Waals surface area contributed by atoms with E-state index in [1.807, 2.05) is 6.07 Å². The molecule has 3 aromatic heterocycles. The summed E-state index contributed by atoms with van der Waals surface area (Å²) in [6.45, 7) is 2.08. The van der Waals surface area contributed by atoms with Crippen molar-refractivity contribution in [2.24, 2.45) is 0 Å². The Morgan fingerprint density at radius 3 is 2.69 bits per heavy atom. The van der Waals surface area contributed by atoms with E-state index < -0.39 is 28.7 Å². The van der Waals surface area contributed by atoms with Crippen molar-refractivity contribution in [2.45, 2.75) is 25.5 Å². The Kier molecular flexibility index (Phi) is 4.74. The van der Waals surface area contributed by atoms with Crippen LogP contribution in [0.4, 0.5) is 13.2 Å². The fourth-order valence-corrected chi connectivity index (χ4v) is 4.67. The lowest BCUT2D eigenvalue weighted by atomic mass is 10.1. The van der Waals surface area contributed by atoms with Crippen molar-refractivity contribution >= 4 is 16.6 Å². The number of benzene rings is 2. The van der Waals surface area contributed by atoms with Crippen LogP contribution in [0.5, 0.6) is 0 Å². The van der Waals surface area contributed by atoms with Crippen LogP contribution in [0.2, 0.25) is 0 Å². The van der Waals surface area contributed by atoms with E-state index in [0.717, 1.165) is 18.2 Å². The summed E-state index contributed by atoms with van der Waals surface area (Å²) in [5.41, 5.74) is -1.70. The van der Waals surface area contributed by atoms with Gasteiger partial charge >= 0.3 is 0 Å². The first-order chi connectivity index (χ1) is 17.3. The van der Waals surface area contributed by atoms with Crippen LogP contribution in [-0.2, 0) is 10.5 Å². The van der Waals surface area contributed by atoms with Gasteiger partial charge in [0.2, 0.25) is 5.82 Å². The first kappa shape index (κ1) is 22.0. The minimum Gasteiger partial charge on any atom is -0.355 e. The summed E-state index contributed by atoms with van der Waals surface area (Å²) in [4.78, 5) is 22.4.